The first-order valence-corrected chi connectivity index (χ1v) is 8.53. The molecule has 0 aliphatic heterocycles. The topological polar surface area (TPSA) is 104 Å². The predicted octanol–water partition coefficient (Wildman–Crippen LogP) is 1.35. The Labute approximate surface area is 142 Å². The first-order chi connectivity index (χ1) is 11.4. The van der Waals surface area contributed by atoms with E-state index in [4.69, 9.17) is 0 Å². The van der Waals surface area contributed by atoms with Gasteiger partial charge in [-0.05, 0) is 38.7 Å². The number of carbonyl (C=O) groups is 3. The standard InChI is InChI=1S/C17H26N4O3/c1-4-13-9-15(21-20-13)17(24)19-11(3)5-10(2)18-16(23)8-12-6-14(22)7-12/h9-12H,4-8H2,1-3H3,(H,18,23)(H,19,24)(H,20,21). The normalized spacial score (nSPS) is 17.0. The molecule has 132 valence electrons. The number of rotatable bonds is 8. The van der Waals surface area contributed by atoms with Crippen LogP contribution in [-0.4, -0.2) is 39.9 Å². The molecule has 2 amide bonds. The number of carbonyl (C=O) groups excluding carboxylic acids is 3. The Morgan fingerprint density at radius 1 is 1.29 bits per heavy atom. The number of aromatic amines is 1. The van der Waals surface area contributed by atoms with Crippen molar-refractivity contribution >= 4 is 17.6 Å². The highest BCUT2D eigenvalue weighted by Crippen LogP contribution is 2.25. The molecule has 1 aromatic heterocycles. The fraction of sp³-hybridized carbons (Fsp3) is 0.647. The third kappa shape index (κ3) is 5.18. The van der Waals surface area contributed by atoms with E-state index in [1.165, 1.54) is 0 Å². The minimum absolute atomic E-state index is 0.0292. The van der Waals surface area contributed by atoms with Gasteiger partial charge in [-0.2, -0.15) is 5.10 Å². The first-order valence-electron chi connectivity index (χ1n) is 8.53. The van der Waals surface area contributed by atoms with Gasteiger partial charge in [0, 0.05) is 37.0 Å². The largest absolute Gasteiger partial charge is 0.354 e. The highest BCUT2D eigenvalue weighted by Gasteiger charge is 2.28. The van der Waals surface area contributed by atoms with Gasteiger partial charge in [-0.15, -0.1) is 0 Å². The molecule has 0 aromatic carbocycles. The van der Waals surface area contributed by atoms with Crippen LogP contribution in [0.15, 0.2) is 6.07 Å². The average molecular weight is 334 g/mol. The van der Waals surface area contributed by atoms with Gasteiger partial charge in [0.05, 0.1) is 0 Å². The van der Waals surface area contributed by atoms with Crippen LogP contribution in [0.5, 0.6) is 0 Å². The lowest BCUT2D eigenvalue weighted by atomic mass is 9.81. The summed E-state index contributed by atoms with van der Waals surface area (Å²) in [6, 6.07) is 1.61. The minimum Gasteiger partial charge on any atom is -0.354 e. The summed E-state index contributed by atoms with van der Waals surface area (Å²) in [5.74, 6) is 0.194. The number of amides is 2. The number of ketones is 1. The monoisotopic (exact) mass is 334 g/mol. The number of Topliss-reactive ketones (excluding diaryl/α,β-unsaturated/α-hetero) is 1. The van der Waals surface area contributed by atoms with Crippen molar-refractivity contribution in [2.45, 2.75) is 65.0 Å². The van der Waals surface area contributed by atoms with Gasteiger partial charge in [0.25, 0.3) is 5.91 Å². The van der Waals surface area contributed by atoms with Crippen LogP contribution < -0.4 is 10.6 Å². The third-order valence-corrected chi connectivity index (χ3v) is 4.24. The number of nitrogens with zero attached hydrogens (tertiary/aromatic N) is 1. The van der Waals surface area contributed by atoms with Gasteiger partial charge in [-0.1, -0.05) is 6.92 Å². The SMILES string of the molecule is CCc1cc(C(=O)NC(C)CC(C)NC(=O)CC2CC(=O)C2)n[nH]1. The summed E-state index contributed by atoms with van der Waals surface area (Å²) in [6.07, 6.45) is 2.89. The summed E-state index contributed by atoms with van der Waals surface area (Å²) in [4.78, 5) is 34.9. The highest BCUT2D eigenvalue weighted by atomic mass is 16.2. The number of aromatic nitrogens is 2. The lowest BCUT2D eigenvalue weighted by Gasteiger charge is -2.25. The van der Waals surface area contributed by atoms with Gasteiger partial charge in [0.2, 0.25) is 5.91 Å². The fourth-order valence-electron chi connectivity index (χ4n) is 2.93. The maximum absolute atomic E-state index is 12.1. The molecule has 0 saturated heterocycles. The van der Waals surface area contributed by atoms with Crippen LogP contribution in [0, 0.1) is 5.92 Å². The van der Waals surface area contributed by atoms with Crippen LogP contribution in [0.1, 0.15) is 62.6 Å². The number of hydrogen-bond acceptors (Lipinski definition) is 4. The van der Waals surface area contributed by atoms with E-state index in [0.717, 1.165) is 12.1 Å². The summed E-state index contributed by atoms with van der Waals surface area (Å²) >= 11 is 0. The number of nitrogens with one attached hydrogen (secondary N) is 3. The van der Waals surface area contributed by atoms with Crippen LogP contribution >= 0.6 is 0 Å². The Bertz CT molecular complexity index is 603. The molecule has 0 bridgehead atoms. The summed E-state index contributed by atoms with van der Waals surface area (Å²) in [5.41, 5.74) is 1.30. The molecule has 1 heterocycles. The summed E-state index contributed by atoms with van der Waals surface area (Å²) in [7, 11) is 0. The van der Waals surface area contributed by atoms with E-state index in [-0.39, 0.29) is 35.6 Å². The van der Waals surface area contributed by atoms with Crippen LogP contribution in [-0.2, 0) is 16.0 Å². The Kier molecular flexibility index (Phi) is 6.11. The lowest BCUT2D eigenvalue weighted by Crippen LogP contribution is -2.41. The molecule has 2 atom stereocenters. The zero-order valence-corrected chi connectivity index (χ0v) is 14.5. The van der Waals surface area contributed by atoms with Crippen molar-refractivity contribution < 1.29 is 14.4 Å². The smallest absolute Gasteiger partial charge is 0.271 e. The molecular formula is C17H26N4O3. The molecule has 1 fully saturated rings. The van der Waals surface area contributed by atoms with Crippen molar-refractivity contribution in [1.82, 2.24) is 20.8 Å². The summed E-state index contributed by atoms with van der Waals surface area (Å²) in [5, 5.41) is 12.6. The van der Waals surface area contributed by atoms with Gasteiger partial charge in [0.15, 0.2) is 0 Å². The van der Waals surface area contributed by atoms with Crippen LogP contribution in [0.25, 0.3) is 0 Å². The summed E-state index contributed by atoms with van der Waals surface area (Å²) < 4.78 is 0. The molecule has 2 unspecified atom stereocenters. The fourth-order valence-corrected chi connectivity index (χ4v) is 2.93. The van der Waals surface area contributed by atoms with Gasteiger partial charge in [-0.3, -0.25) is 19.5 Å². The predicted molar refractivity (Wildman–Crippen MR) is 89.5 cm³/mol. The number of H-pyrrole nitrogens is 1. The molecule has 7 nitrogen and oxygen atoms in total. The van der Waals surface area contributed by atoms with Gasteiger partial charge in [-0.25, -0.2) is 0 Å². The second kappa shape index (κ2) is 8.08. The average Bonchev–Trinajstić information content (AvgIpc) is 2.94. The van der Waals surface area contributed by atoms with Crippen LogP contribution in [0.3, 0.4) is 0 Å². The van der Waals surface area contributed by atoms with E-state index in [1.54, 1.807) is 6.07 Å². The maximum atomic E-state index is 12.1. The second-order valence-electron chi connectivity index (χ2n) is 6.73. The van der Waals surface area contributed by atoms with E-state index in [1.807, 2.05) is 20.8 Å². The third-order valence-electron chi connectivity index (χ3n) is 4.24. The maximum Gasteiger partial charge on any atom is 0.271 e. The summed E-state index contributed by atoms with van der Waals surface area (Å²) in [6.45, 7) is 5.80. The molecule has 24 heavy (non-hydrogen) atoms. The Morgan fingerprint density at radius 3 is 2.54 bits per heavy atom. The second-order valence-corrected chi connectivity index (χ2v) is 6.73. The van der Waals surface area contributed by atoms with Crippen molar-refractivity contribution in [1.29, 1.82) is 0 Å². The van der Waals surface area contributed by atoms with E-state index < -0.39 is 0 Å². The van der Waals surface area contributed by atoms with Crippen LogP contribution in [0.4, 0.5) is 0 Å². The molecule has 1 aliphatic rings. The van der Waals surface area contributed by atoms with Crippen molar-refractivity contribution in [3.63, 3.8) is 0 Å². The molecule has 3 N–H and O–H groups in total. The van der Waals surface area contributed by atoms with Crippen molar-refractivity contribution in [3.8, 4) is 0 Å². The van der Waals surface area contributed by atoms with Gasteiger partial charge < -0.3 is 10.6 Å². The van der Waals surface area contributed by atoms with Gasteiger partial charge >= 0.3 is 0 Å². The Morgan fingerprint density at radius 2 is 1.96 bits per heavy atom. The molecule has 2 rings (SSSR count). The molecule has 1 saturated carbocycles. The Hall–Kier alpha value is -2.18. The quantitative estimate of drug-likeness (QED) is 0.667. The van der Waals surface area contributed by atoms with E-state index in [2.05, 4.69) is 20.8 Å². The highest BCUT2D eigenvalue weighted by molar-refractivity contribution is 5.92. The zero-order valence-electron chi connectivity index (χ0n) is 14.5. The molecule has 1 aliphatic carbocycles. The van der Waals surface area contributed by atoms with Crippen molar-refractivity contribution in [3.05, 3.63) is 17.5 Å². The van der Waals surface area contributed by atoms with Crippen LogP contribution in [0.2, 0.25) is 0 Å². The van der Waals surface area contributed by atoms with Crippen molar-refractivity contribution in [2.75, 3.05) is 0 Å². The number of hydrogen-bond donors (Lipinski definition) is 3. The molecule has 1 aromatic rings. The lowest BCUT2D eigenvalue weighted by molar-refractivity contribution is -0.129. The number of aryl methyl sites for hydroxylation is 1. The van der Waals surface area contributed by atoms with Gasteiger partial charge in [0.1, 0.15) is 11.5 Å². The molecule has 7 heteroatoms. The molecule has 0 radical (unpaired) electrons. The molecular weight excluding hydrogens is 308 g/mol. The first kappa shape index (κ1) is 18.2. The zero-order chi connectivity index (χ0) is 17.7. The molecule has 0 spiro atoms. The van der Waals surface area contributed by atoms with E-state index in [0.29, 0.717) is 31.4 Å². The Balaban J connectivity index is 1.70. The van der Waals surface area contributed by atoms with Crippen molar-refractivity contribution in [2.24, 2.45) is 5.92 Å². The van der Waals surface area contributed by atoms with E-state index >= 15 is 0 Å². The minimum atomic E-state index is -0.218. The van der Waals surface area contributed by atoms with E-state index in [9.17, 15) is 14.4 Å².